The van der Waals surface area contributed by atoms with Crippen LogP contribution in [-0.2, 0) is 21.3 Å². The molecule has 0 saturated carbocycles. The third-order valence-electron chi connectivity index (χ3n) is 5.84. The van der Waals surface area contributed by atoms with Gasteiger partial charge in [0.15, 0.2) is 6.10 Å². The van der Waals surface area contributed by atoms with E-state index in [4.69, 9.17) is 9.15 Å². The molecule has 0 aliphatic rings. The van der Waals surface area contributed by atoms with Crippen LogP contribution in [0.15, 0.2) is 113 Å². The lowest BCUT2D eigenvalue weighted by Gasteiger charge is -2.17. The molecule has 0 spiro atoms. The van der Waals surface area contributed by atoms with E-state index in [2.05, 4.69) is 9.71 Å². The maximum atomic E-state index is 13.5. The van der Waals surface area contributed by atoms with Gasteiger partial charge < -0.3 is 14.1 Å². The van der Waals surface area contributed by atoms with Crippen molar-refractivity contribution in [2.45, 2.75) is 17.5 Å². The molecule has 5 rings (SSSR count). The first-order valence-corrected chi connectivity index (χ1v) is 12.9. The molecule has 0 amide bonds. The van der Waals surface area contributed by atoms with E-state index in [0.717, 1.165) is 10.9 Å². The number of fused-ring (bicyclic) bond motifs is 1. The second kappa shape index (κ2) is 10.3. The minimum atomic E-state index is -3.83. The van der Waals surface area contributed by atoms with Crippen molar-refractivity contribution in [2.75, 3.05) is 0 Å². The average molecular weight is 515 g/mol. The Morgan fingerprint density at radius 1 is 0.892 bits per heavy atom. The number of furan rings is 1. The number of ether oxygens (including phenoxy) is 1. The second-order valence-corrected chi connectivity index (χ2v) is 10.0. The third-order valence-corrected chi connectivity index (χ3v) is 7.25. The molecule has 2 aromatic heterocycles. The minimum Gasteiger partial charge on any atom is -0.468 e. The number of para-hydroxylation sites is 1. The summed E-state index contributed by atoms with van der Waals surface area (Å²) in [6.45, 7) is -0.00612. The van der Waals surface area contributed by atoms with E-state index in [9.17, 15) is 18.0 Å². The Kier molecular flexibility index (Phi) is 6.72. The highest BCUT2D eigenvalue weighted by Crippen LogP contribution is 2.28. The van der Waals surface area contributed by atoms with Crippen molar-refractivity contribution in [1.29, 1.82) is 0 Å². The first kappa shape index (κ1) is 24.2. The fourth-order valence-electron chi connectivity index (χ4n) is 3.93. The molecule has 1 atom stereocenters. The average Bonchev–Trinajstić information content (AvgIpc) is 3.61. The minimum absolute atomic E-state index is 0.00612. The Balaban J connectivity index is 1.37. The van der Waals surface area contributed by atoms with Crippen LogP contribution in [0.5, 0.6) is 0 Å². The highest BCUT2D eigenvalue weighted by Gasteiger charge is 2.28. The summed E-state index contributed by atoms with van der Waals surface area (Å²) >= 11 is 0. The maximum Gasteiger partial charge on any atom is 0.339 e. The van der Waals surface area contributed by atoms with Gasteiger partial charge in [-0.15, -0.1) is 0 Å². The Hall–Kier alpha value is -4.47. The van der Waals surface area contributed by atoms with Gasteiger partial charge in [0.25, 0.3) is 0 Å². The molecule has 0 aliphatic heterocycles. The molecule has 5 aromatic rings. The van der Waals surface area contributed by atoms with E-state index in [-0.39, 0.29) is 22.8 Å². The molecule has 3 aromatic carbocycles. The standard InChI is InChI=1S/C28H22N2O6S/c31-26(24-18-29-25-11-5-4-10-23(24)25)27(19-7-2-1-3-8-19)36-28(32)20-12-14-22(15-13-20)37(33,34)30-17-21-9-6-16-35-21/h1-16,18,27,29-30H,17H2. The number of rotatable bonds is 9. The Bertz CT molecular complexity index is 1640. The smallest absolute Gasteiger partial charge is 0.339 e. The molecule has 0 saturated heterocycles. The first-order chi connectivity index (χ1) is 17.9. The van der Waals surface area contributed by atoms with Crippen molar-refractivity contribution in [3.63, 3.8) is 0 Å². The van der Waals surface area contributed by atoms with Crippen molar-refractivity contribution in [3.8, 4) is 0 Å². The van der Waals surface area contributed by atoms with Crippen LogP contribution in [0.1, 0.15) is 38.1 Å². The van der Waals surface area contributed by atoms with Crippen LogP contribution in [0.3, 0.4) is 0 Å². The summed E-state index contributed by atoms with van der Waals surface area (Å²) < 4.78 is 38.4. The largest absolute Gasteiger partial charge is 0.468 e. The molecule has 9 heteroatoms. The molecule has 0 fully saturated rings. The van der Waals surface area contributed by atoms with Gasteiger partial charge in [0.2, 0.25) is 15.8 Å². The van der Waals surface area contributed by atoms with Crippen LogP contribution >= 0.6 is 0 Å². The number of Topliss-reactive ketones (excluding diaryl/α,β-unsaturated/α-hetero) is 1. The summed E-state index contributed by atoms with van der Waals surface area (Å²) in [7, 11) is -3.83. The zero-order chi connectivity index (χ0) is 25.8. The second-order valence-electron chi connectivity index (χ2n) is 8.24. The number of nitrogens with one attached hydrogen (secondary N) is 2. The SMILES string of the molecule is O=C(OC(C(=O)c1c[nH]c2ccccc12)c1ccccc1)c1ccc(S(=O)(=O)NCc2ccco2)cc1. The fraction of sp³-hybridized carbons (Fsp3) is 0.0714. The highest BCUT2D eigenvalue weighted by atomic mass is 32.2. The van der Waals surface area contributed by atoms with E-state index in [1.54, 1.807) is 48.7 Å². The normalized spacial score (nSPS) is 12.3. The van der Waals surface area contributed by atoms with E-state index in [1.165, 1.54) is 30.5 Å². The number of benzene rings is 3. The van der Waals surface area contributed by atoms with Crippen LogP contribution in [0.2, 0.25) is 0 Å². The van der Waals surface area contributed by atoms with E-state index >= 15 is 0 Å². The Morgan fingerprint density at radius 3 is 2.35 bits per heavy atom. The molecule has 186 valence electrons. The molecule has 0 aliphatic carbocycles. The number of aromatic amines is 1. The Labute approximate surface area is 212 Å². The van der Waals surface area contributed by atoms with Crippen LogP contribution in [0, 0.1) is 0 Å². The number of sulfonamides is 1. The fourth-order valence-corrected chi connectivity index (χ4v) is 4.92. The number of carbonyl (C=O) groups is 2. The van der Waals surface area contributed by atoms with Crippen molar-refractivity contribution in [3.05, 3.63) is 126 Å². The van der Waals surface area contributed by atoms with Crippen LogP contribution in [0.4, 0.5) is 0 Å². The van der Waals surface area contributed by atoms with Crippen LogP contribution < -0.4 is 4.72 Å². The number of ketones is 1. The molecular weight excluding hydrogens is 492 g/mol. The Morgan fingerprint density at radius 2 is 1.62 bits per heavy atom. The van der Waals surface area contributed by atoms with Gasteiger partial charge in [-0.05, 0) is 42.5 Å². The van der Waals surface area contributed by atoms with Gasteiger partial charge in [-0.3, -0.25) is 4.79 Å². The summed E-state index contributed by atoms with van der Waals surface area (Å²) in [5.41, 5.74) is 1.83. The van der Waals surface area contributed by atoms with Gasteiger partial charge in [-0.25, -0.2) is 17.9 Å². The third kappa shape index (κ3) is 5.23. The summed E-state index contributed by atoms with van der Waals surface area (Å²) in [4.78, 5) is 29.6. The number of carbonyl (C=O) groups excluding carboxylic acids is 2. The van der Waals surface area contributed by atoms with Crippen molar-refractivity contribution in [1.82, 2.24) is 9.71 Å². The zero-order valence-corrected chi connectivity index (χ0v) is 20.3. The highest BCUT2D eigenvalue weighted by molar-refractivity contribution is 7.89. The summed E-state index contributed by atoms with van der Waals surface area (Å²) in [6, 6.07) is 24.7. The van der Waals surface area contributed by atoms with Crippen molar-refractivity contribution >= 4 is 32.7 Å². The van der Waals surface area contributed by atoms with E-state index in [1.807, 2.05) is 24.3 Å². The molecule has 0 radical (unpaired) electrons. The number of hydrogen-bond acceptors (Lipinski definition) is 6. The van der Waals surface area contributed by atoms with Gasteiger partial charge in [0.1, 0.15) is 5.76 Å². The van der Waals surface area contributed by atoms with Crippen LogP contribution in [-0.4, -0.2) is 25.2 Å². The molecule has 1 unspecified atom stereocenters. The van der Waals surface area contributed by atoms with Crippen molar-refractivity contribution < 1.29 is 27.2 Å². The number of H-pyrrole nitrogens is 1. The lowest BCUT2D eigenvalue weighted by molar-refractivity contribution is 0.0280. The van der Waals surface area contributed by atoms with Gasteiger partial charge >= 0.3 is 5.97 Å². The molecule has 0 bridgehead atoms. The van der Waals surface area contributed by atoms with Gasteiger partial charge in [-0.1, -0.05) is 48.5 Å². The number of aromatic nitrogens is 1. The first-order valence-electron chi connectivity index (χ1n) is 11.4. The van der Waals surface area contributed by atoms with E-state index < -0.39 is 22.1 Å². The van der Waals surface area contributed by atoms with Crippen molar-refractivity contribution in [2.24, 2.45) is 0 Å². The monoisotopic (exact) mass is 514 g/mol. The van der Waals surface area contributed by atoms with E-state index in [0.29, 0.717) is 16.9 Å². The maximum absolute atomic E-state index is 13.5. The van der Waals surface area contributed by atoms with Gasteiger partial charge in [0.05, 0.1) is 23.3 Å². The summed E-state index contributed by atoms with van der Waals surface area (Å²) in [6.07, 6.45) is 1.87. The predicted octanol–water partition coefficient (Wildman–Crippen LogP) is 5.02. The lowest BCUT2D eigenvalue weighted by Crippen LogP contribution is -2.23. The quantitative estimate of drug-likeness (QED) is 0.211. The molecule has 2 N–H and O–H groups in total. The molecule has 2 heterocycles. The van der Waals surface area contributed by atoms with Gasteiger partial charge in [-0.2, -0.15) is 0 Å². The number of hydrogen-bond donors (Lipinski definition) is 2. The summed E-state index contributed by atoms with van der Waals surface area (Å²) in [5, 5.41) is 0.723. The predicted molar refractivity (Wildman–Crippen MR) is 136 cm³/mol. The summed E-state index contributed by atoms with van der Waals surface area (Å²) in [5.74, 6) is -0.663. The van der Waals surface area contributed by atoms with Crippen LogP contribution in [0.25, 0.3) is 10.9 Å². The molecule has 37 heavy (non-hydrogen) atoms. The van der Waals surface area contributed by atoms with Gasteiger partial charge in [0, 0.05) is 28.2 Å². The topological polar surface area (TPSA) is 118 Å². The lowest BCUT2D eigenvalue weighted by atomic mass is 9.99. The molecule has 8 nitrogen and oxygen atoms in total. The number of esters is 1. The molecular formula is C28H22N2O6S. The zero-order valence-electron chi connectivity index (χ0n) is 19.5.